The Labute approximate surface area is 121 Å². The monoisotopic (exact) mass is 292 g/mol. The molecule has 0 aliphatic rings. The molecule has 21 heavy (non-hydrogen) atoms. The van der Waals surface area contributed by atoms with E-state index in [-0.39, 0.29) is 12.4 Å². The van der Waals surface area contributed by atoms with Crippen LogP contribution in [0.2, 0.25) is 0 Å². The minimum absolute atomic E-state index is 0.207. The molecule has 0 radical (unpaired) electrons. The molecular weight excluding hydrogens is 275 g/mol. The van der Waals surface area contributed by atoms with E-state index in [2.05, 4.69) is 10.2 Å². The summed E-state index contributed by atoms with van der Waals surface area (Å²) in [5.74, 6) is -0.346. The van der Waals surface area contributed by atoms with Crippen molar-refractivity contribution < 1.29 is 13.9 Å². The van der Waals surface area contributed by atoms with Crippen molar-refractivity contribution in [2.75, 3.05) is 25.0 Å². The fourth-order valence-electron chi connectivity index (χ4n) is 2.04. The van der Waals surface area contributed by atoms with Crippen molar-refractivity contribution in [3.8, 4) is 11.1 Å². The maximum atomic E-state index is 14.2. The van der Waals surface area contributed by atoms with E-state index in [9.17, 15) is 9.18 Å². The zero-order chi connectivity index (χ0) is 15.2. The van der Waals surface area contributed by atoms with Crippen LogP contribution in [0.3, 0.4) is 0 Å². The number of likely N-dealkylation sites (N-methyl/N-ethyl adjacent to an activating group) is 1. The molecule has 0 aliphatic carbocycles. The van der Waals surface area contributed by atoms with Gasteiger partial charge >= 0.3 is 0 Å². The van der Waals surface area contributed by atoms with E-state index in [0.29, 0.717) is 29.8 Å². The summed E-state index contributed by atoms with van der Waals surface area (Å²) in [7, 11) is 1.78. The highest BCUT2D eigenvalue weighted by atomic mass is 19.1. The Bertz CT molecular complexity index is 589. The first-order valence-corrected chi connectivity index (χ1v) is 6.44. The molecule has 1 unspecified atom stereocenters. The highest BCUT2D eigenvalue weighted by molar-refractivity contribution is 5.65. The second-order valence-electron chi connectivity index (χ2n) is 4.62. The van der Waals surface area contributed by atoms with E-state index >= 15 is 0 Å². The predicted molar refractivity (Wildman–Crippen MR) is 77.2 cm³/mol. The lowest BCUT2D eigenvalue weighted by Gasteiger charge is -2.24. The fraction of sp³-hybridized carbons (Fsp3) is 0.286. The van der Waals surface area contributed by atoms with E-state index in [1.54, 1.807) is 36.5 Å². The topological polar surface area (TPSA) is 84.2 Å². The molecule has 0 bridgehead atoms. The SMILES string of the molecule is CN(CC(CN)OC=O)c1ccc(-c2cn[nH]c2)c(F)c1. The minimum Gasteiger partial charge on any atom is -0.461 e. The molecule has 2 aromatic rings. The molecule has 0 amide bonds. The third-order valence-electron chi connectivity index (χ3n) is 3.19. The van der Waals surface area contributed by atoms with Crippen LogP contribution >= 0.6 is 0 Å². The number of benzene rings is 1. The summed E-state index contributed by atoms with van der Waals surface area (Å²) in [5, 5.41) is 6.45. The number of ether oxygens (including phenoxy) is 1. The second kappa shape index (κ2) is 6.85. The summed E-state index contributed by atoms with van der Waals surface area (Å²) in [5.41, 5.74) is 7.34. The Kier molecular flexibility index (Phi) is 4.89. The molecule has 1 aromatic carbocycles. The number of anilines is 1. The van der Waals surface area contributed by atoms with Crippen LogP contribution in [0.15, 0.2) is 30.6 Å². The number of nitrogens with two attached hydrogens (primary N) is 1. The highest BCUT2D eigenvalue weighted by Gasteiger charge is 2.13. The average Bonchev–Trinajstić information content (AvgIpc) is 3.00. The highest BCUT2D eigenvalue weighted by Crippen LogP contribution is 2.25. The molecule has 0 saturated heterocycles. The van der Waals surface area contributed by atoms with Gasteiger partial charge in [-0.25, -0.2) is 4.39 Å². The van der Waals surface area contributed by atoms with Crippen LogP contribution in [0.4, 0.5) is 10.1 Å². The molecule has 1 atom stereocenters. The van der Waals surface area contributed by atoms with Gasteiger partial charge in [0.25, 0.3) is 6.47 Å². The Morgan fingerprint density at radius 1 is 1.57 bits per heavy atom. The number of hydrogen-bond donors (Lipinski definition) is 2. The number of hydrogen-bond acceptors (Lipinski definition) is 5. The van der Waals surface area contributed by atoms with Crippen molar-refractivity contribution >= 4 is 12.2 Å². The van der Waals surface area contributed by atoms with E-state index in [1.807, 2.05) is 0 Å². The van der Waals surface area contributed by atoms with E-state index in [0.717, 1.165) is 0 Å². The summed E-state index contributed by atoms with van der Waals surface area (Å²) in [6.45, 7) is 0.965. The first kappa shape index (κ1) is 15.0. The Balaban J connectivity index is 2.14. The van der Waals surface area contributed by atoms with Gasteiger partial charge in [-0.15, -0.1) is 0 Å². The summed E-state index contributed by atoms with van der Waals surface area (Å²) < 4.78 is 19.0. The lowest BCUT2D eigenvalue weighted by molar-refractivity contribution is -0.132. The van der Waals surface area contributed by atoms with Crippen molar-refractivity contribution in [2.45, 2.75) is 6.10 Å². The summed E-state index contributed by atoms with van der Waals surface area (Å²) >= 11 is 0. The van der Waals surface area contributed by atoms with Gasteiger partial charge in [-0.05, 0) is 18.2 Å². The van der Waals surface area contributed by atoms with Gasteiger partial charge in [0.1, 0.15) is 11.9 Å². The van der Waals surface area contributed by atoms with Crippen LogP contribution in [0.5, 0.6) is 0 Å². The maximum Gasteiger partial charge on any atom is 0.293 e. The number of halogens is 1. The quantitative estimate of drug-likeness (QED) is 0.748. The number of aromatic nitrogens is 2. The third-order valence-corrected chi connectivity index (χ3v) is 3.19. The van der Waals surface area contributed by atoms with Crippen molar-refractivity contribution in [1.82, 2.24) is 10.2 Å². The molecule has 0 fully saturated rings. The van der Waals surface area contributed by atoms with Crippen LogP contribution in [0.1, 0.15) is 0 Å². The molecular formula is C14H17FN4O2. The summed E-state index contributed by atoms with van der Waals surface area (Å²) in [4.78, 5) is 12.1. The Morgan fingerprint density at radius 2 is 2.38 bits per heavy atom. The maximum absolute atomic E-state index is 14.2. The number of H-pyrrole nitrogens is 1. The van der Waals surface area contributed by atoms with Crippen LogP contribution in [-0.4, -0.2) is 42.9 Å². The largest absolute Gasteiger partial charge is 0.461 e. The number of nitrogens with one attached hydrogen (secondary N) is 1. The molecule has 2 rings (SSSR count). The molecule has 0 spiro atoms. The zero-order valence-electron chi connectivity index (χ0n) is 11.6. The first-order chi connectivity index (χ1) is 10.2. The van der Waals surface area contributed by atoms with Gasteiger partial charge in [0.15, 0.2) is 0 Å². The van der Waals surface area contributed by atoms with Gasteiger partial charge in [-0.2, -0.15) is 5.10 Å². The average molecular weight is 292 g/mol. The Morgan fingerprint density at radius 3 is 2.95 bits per heavy atom. The van der Waals surface area contributed by atoms with Crippen molar-refractivity contribution in [3.05, 3.63) is 36.4 Å². The lowest BCUT2D eigenvalue weighted by atomic mass is 10.1. The zero-order valence-corrected chi connectivity index (χ0v) is 11.6. The van der Waals surface area contributed by atoms with Crippen LogP contribution in [-0.2, 0) is 9.53 Å². The van der Waals surface area contributed by atoms with Crippen molar-refractivity contribution in [3.63, 3.8) is 0 Å². The number of carbonyl (C=O) groups excluding carboxylic acids is 1. The van der Waals surface area contributed by atoms with Crippen LogP contribution in [0.25, 0.3) is 11.1 Å². The molecule has 1 heterocycles. The molecule has 6 nitrogen and oxygen atoms in total. The van der Waals surface area contributed by atoms with Gasteiger partial charge in [0, 0.05) is 36.6 Å². The van der Waals surface area contributed by atoms with Gasteiger partial charge in [-0.3, -0.25) is 9.89 Å². The van der Waals surface area contributed by atoms with Crippen molar-refractivity contribution in [2.24, 2.45) is 5.73 Å². The smallest absolute Gasteiger partial charge is 0.293 e. The Hall–Kier alpha value is -2.41. The first-order valence-electron chi connectivity index (χ1n) is 6.44. The lowest BCUT2D eigenvalue weighted by Crippen LogP contribution is -2.36. The molecule has 112 valence electrons. The van der Waals surface area contributed by atoms with E-state index in [1.165, 1.54) is 6.07 Å². The molecule has 3 N–H and O–H groups in total. The predicted octanol–water partition coefficient (Wildman–Crippen LogP) is 1.15. The number of carbonyl (C=O) groups is 1. The van der Waals surface area contributed by atoms with E-state index in [4.69, 9.17) is 10.5 Å². The van der Waals surface area contributed by atoms with Crippen LogP contribution < -0.4 is 10.6 Å². The summed E-state index contributed by atoms with van der Waals surface area (Å²) in [6.07, 6.45) is 2.76. The van der Waals surface area contributed by atoms with Gasteiger partial charge < -0.3 is 15.4 Å². The minimum atomic E-state index is -0.427. The number of rotatable bonds is 7. The second-order valence-corrected chi connectivity index (χ2v) is 4.62. The van der Waals surface area contributed by atoms with Gasteiger partial charge in [-0.1, -0.05) is 0 Å². The molecule has 7 heteroatoms. The van der Waals surface area contributed by atoms with E-state index < -0.39 is 6.10 Å². The molecule has 1 aromatic heterocycles. The van der Waals surface area contributed by atoms with Gasteiger partial charge in [0.05, 0.1) is 12.7 Å². The normalized spacial score (nSPS) is 12.0. The third kappa shape index (κ3) is 3.57. The fourth-order valence-corrected chi connectivity index (χ4v) is 2.04. The molecule has 0 saturated carbocycles. The number of nitrogens with zero attached hydrogens (tertiary/aromatic N) is 2. The standard InChI is InChI=1S/C14H17FN4O2/c1-19(8-12(5-16)21-9-20)11-2-3-13(14(15)4-11)10-6-17-18-7-10/h2-4,6-7,9,12H,5,8,16H2,1H3,(H,17,18). The number of aromatic amines is 1. The molecule has 0 aliphatic heterocycles. The van der Waals surface area contributed by atoms with Crippen LogP contribution in [0, 0.1) is 5.82 Å². The summed E-state index contributed by atoms with van der Waals surface area (Å²) in [6, 6.07) is 4.90. The van der Waals surface area contributed by atoms with Gasteiger partial charge in [0.2, 0.25) is 0 Å². The van der Waals surface area contributed by atoms with Crippen molar-refractivity contribution in [1.29, 1.82) is 0 Å².